The van der Waals surface area contributed by atoms with E-state index in [2.05, 4.69) is 92.4 Å². The summed E-state index contributed by atoms with van der Waals surface area (Å²) < 4.78 is 2.41. The van der Waals surface area contributed by atoms with E-state index in [9.17, 15) is 0 Å². The van der Waals surface area contributed by atoms with Crippen LogP contribution in [0.5, 0.6) is 0 Å². The summed E-state index contributed by atoms with van der Waals surface area (Å²) >= 11 is 0. The lowest BCUT2D eigenvalue weighted by Crippen LogP contribution is -1.98. The van der Waals surface area contributed by atoms with Gasteiger partial charge in [-0.1, -0.05) is 68.5 Å². The minimum absolute atomic E-state index is 1.06. The van der Waals surface area contributed by atoms with Crippen LogP contribution in [0.1, 0.15) is 42.3 Å². The van der Waals surface area contributed by atoms with E-state index in [0.29, 0.717) is 0 Å². The molecule has 0 unspecified atom stereocenters. The Morgan fingerprint density at radius 1 is 0.871 bits per heavy atom. The molecule has 0 radical (unpaired) electrons. The molecule has 0 saturated carbocycles. The van der Waals surface area contributed by atoms with Crippen molar-refractivity contribution in [2.75, 3.05) is 0 Å². The van der Waals surface area contributed by atoms with Crippen LogP contribution >= 0.6 is 0 Å². The Balaban J connectivity index is 1.84. The van der Waals surface area contributed by atoms with Gasteiger partial charge in [0, 0.05) is 16.5 Å². The molecule has 154 valence electrons. The normalized spacial score (nSPS) is 11.6. The molecular formula is C29H28N2. The van der Waals surface area contributed by atoms with Crippen molar-refractivity contribution in [2.24, 2.45) is 0 Å². The van der Waals surface area contributed by atoms with E-state index >= 15 is 0 Å². The van der Waals surface area contributed by atoms with Crippen molar-refractivity contribution < 1.29 is 0 Å². The Labute approximate surface area is 183 Å². The van der Waals surface area contributed by atoms with Gasteiger partial charge in [0.05, 0.1) is 11.2 Å². The van der Waals surface area contributed by atoms with E-state index in [-0.39, 0.29) is 0 Å². The number of rotatable bonds is 5. The topological polar surface area (TPSA) is 17.3 Å². The van der Waals surface area contributed by atoms with Crippen molar-refractivity contribution in [2.45, 2.75) is 40.0 Å². The molecule has 0 N–H and O–H groups in total. The molecule has 3 aromatic carbocycles. The fourth-order valence-corrected chi connectivity index (χ4v) is 4.65. The molecule has 2 nitrogen and oxygen atoms in total. The van der Waals surface area contributed by atoms with Gasteiger partial charge >= 0.3 is 0 Å². The summed E-state index contributed by atoms with van der Waals surface area (Å²) in [6, 6.07) is 22.2. The number of hydrogen-bond donors (Lipinski definition) is 0. The highest BCUT2D eigenvalue weighted by Crippen LogP contribution is 2.35. The lowest BCUT2D eigenvalue weighted by atomic mass is 9.98. The second-order valence-corrected chi connectivity index (χ2v) is 8.51. The van der Waals surface area contributed by atoms with Crippen LogP contribution in [-0.4, -0.2) is 9.38 Å². The molecule has 0 saturated heterocycles. The highest BCUT2D eigenvalue weighted by atomic mass is 15.0. The van der Waals surface area contributed by atoms with Gasteiger partial charge in [0.15, 0.2) is 0 Å². The molecule has 0 aliphatic rings. The lowest BCUT2D eigenvalue weighted by molar-refractivity contribution is 0.769. The summed E-state index contributed by atoms with van der Waals surface area (Å²) in [5.41, 5.74) is 9.68. The molecule has 0 atom stereocenters. The Morgan fingerprint density at radius 3 is 2.35 bits per heavy atom. The van der Waals surface area contributed by atoms with E-state index < -0.39 is 0 Å². The minimum atomic E-state index is 1.06. The maximum absolute atomic E-state index is 5.05. The number of unbranched alkanes of at least 4 members (excludes halogenated alkanes) is 1. The first kappa shape index (κ1) is 19.6. The summed E-state index contributed by atoms with van der Waals surface area (Å²) in [6.45, 7) is 10.4. The van der Waals surface area contributed by atoms with Gasteiger partial charge in [0.1, 0.15) is 5.65 Å². The van der Waals surface area contributed by atoms with Gasteiger partial charge in [-0.05, 0) is 72.5 Å². The molecule has 0 aliphatic carbocycles. The van der Waals surface area contributed by atoms with Crippen molar-refractivity contribution in [3.8, 4) is 11.1 Å². The van der Waals surface area contributed by atoms with E-state index in [0.717, 1.165) is 23.3 Å². The summed E-state index contributed by atoms with van der Waals surface area (Å²) in [7, 11) is 0. The Hall–Kier alpha value is -3.39. The molecule has 2 heteroatoms. The number of benzene rings is 3. The average molecular weight is 405 g/mol. The predicted molar refractivity (Wildman–Crippen MR) is 134 cm³/mol. The molecule has 0 spiro atoms. The Bertz CT molecular complexity index is 1440. The highest BCUT2D eigenvalue weighted by molar-refractivity contribution is 6.13. The maximum atomic E-state index is 5.05. The molecule has 2 heterocycles. The zero-order valence-corrected chi connectivity index (χ0v) is 18.6. The van der Waals surface area contributed by atoms with Crippen LogP contribution in [0.2, 0.25) is 0 Å². The smallest absolute Gasteiger partial charge is 0.145 e. The second kappa shape index (κ2) is 7.70. The zero-order chi connectivity index (χ0) is 21.5. The number of fused-ring (bicyclic) bond motifs is 6. The third-order valence-electron chi connectivity index (χ3n) is 6.36. The van der Waals surface area contributed by atoms with Gasteiger partial charge in [0.25, 0.3) is 0 Å². The van der Waals surface area contributed by atoms with Gasteiger partial charge in [-0.2, -0.15) is 0 Å². The Kier molecular flexibility index (Phi) is 4.86. The number of pyridine rings is 1. The number of hydrogen-bond acceptors (Lipinski definition) is 1. The molecule has 5 aromatic rings. The van der Waals surface area contributed by atoms with Crippen LogP contribution in [0, 0.1) is 13.8 Å². The van der Waals surface area contributed by atoms with Crippen molar-refractivity contribution in [3.05, 3.63) is 89.8 Å². The third kappa shape index (κ3) is 3.23. The molecular weight excluding hydrogens is 376 g/mol. The third-order valence-corrected chi connectivity index (χ3v) is 6.36. The number of aromatic nitrogens is 2. The number of imidazole rings is 1. The molecule has 0 aliphatic heterocycles. The van der Waals surface area contributed by atoms with Gasteiger partial charge in [-0.25, -0.2) is 4.98 Å². The van der Waals surface area contributed by atoms with E-state index in [1.54, 1.807) is 0 Å². The fraction of sp³-hybridized carbons (Fsp3) is 0.207. The van der Waals surface area contributed by atoms with Crippen molar-refractivity contribution in [3.63, 3.8) is 0 Å². The van der Waals surface area contributed by atoms with Gasteiger partial charge in [-0.3, -0.25) is 4.40 Å². The van der Waals surface area contributed by atoms with Crippen LogP contribution in [0.15, 0.2) is 67.2 Å². The summed E-state index contributed by atoms with van der Waals surface area (Å²) in [5, 5.41) is 3.77. The van der Waals surface area contributed by atoms with Crippen molar-refractivity contribution >= 4 is 33.4 Å². The summed E-state index contributed by atoms with van der Waals surface area (Å²) in [5.74, 6) is 0. The average Bonchev–Trinajstić information content (AvgIpc) is 3.13. The van der Waals surface area contributed by atoms with Crippen LogP contribution in [0.3, 0.4) is 0 Å². The van der Waals surface area contributed by atoms with Gasteiger partial charge < -0.3 is 0 Å². The number of nitrogens with zero attached hydrogens (tertiary/aromatic N) is 2. The summed E-state index contributed by atoms with van der Waals surface area (Å²) in [4.78, 5) is 5.05. The monoisotopic (exact) mass is 404 g/mol. The van der Waals surface area contributed by atoms with Crippen LogP contribution in [0.25, 0.3) is 44.5 Å². The molecule has 5 rings (SSSR count). The van der Waals surface area contributed by atoms with Crippen LogP contribution in [-0.2, 0) is 6.42 Å². The first-order valence-corrected chi connectivity index (χ1v) is 11.2. The molecule has 2 aromatic heterocycles. The standard InChI is InChI=1S/C29H28N2/c1-5-7-8-27-20(4)30-29-25-16-14-23(22-12-10-21(6-2)11-13-22)18-26(25)24-15-9-19(3)17-28(24)31(27)29/h6,9-18H,2,5,7-8H2,1,3-4H3. The first-order chi connectivity index (χ1) is 15.1. The largest absolute Gasteiger partial charge is 0.296 e. The van der Waals surface area contributed by atoms with E-state index in [4.69, 9.17) is 4.98 Å². The quantitative estimate of drug-likeness (QED) is 0.272. The van der Waals surface area contributed by atoms with E-state index in [1.807, 2.05) is 6.08 Å². The van der Waals surface area contributed by atoms with Crippen molar-refractivity contribution in [1.82, 2.24) is 9.38 Å². The molecule has 0 fully saturated rings. The molecule has 0 bridgehead atoms. The first-order valence-electron chi connectivity index (χ1n) is 11.2. The predicted octanol–water partition coefficient (Wildman–Crippen LogP) is 7.91. The van der Waals surface area contributed by atoms with Crippen molar-refractivity contribution in [1.29, 1.82) is 0 Å². The SMILES string of the molecule is C=Cc1ccc(-c2ccc3c(c2)c2ccc(C)cc2n2c(CCCC)c(C)nc32)cc1. The maximum Gasteiger partial charge on any atom is 0.145 e. The summed E-state index contributed by atoms with van der Waals surface area (Å²) in [6.07, 6.45) is 5.31. The van der Waals surface area contributed by atoms with E-state index in [1.165, 1.54) is 56.9 Å². The van der Waals surface area contributed by atoms with Crippen LogP contribution < -0.4 is 0 Å². The fourth-order valence-electron chi connectivity index (χ4n) is 4.65. The number of aryl methyl sites for hydroxylation is 3. The van der Waals surface area contributed by atoms with Gasteiger partial charge in [-0.15, -0.1) is 0 Å². The lowest BCUT2D eigenvalue weighted by Gasteiger charge is -2.13. The minimum Gasteiger partial charge on any atom is -0.296 e. The zero-order valence-electron chi connectivity index (χ0n) is 18.6. The second-order valence-electron chi connectivity index (χ2n) is 8.51. The van der Waals surface area contributed by atoms with Crippen LogP contribution in [0.4, 0.5) is 0 Å². The Morgan fingerprint density at radius 2 is 1.61 bits per heavy atom. The van der Waals surface area contributed by atoms with Gasteiger partial charge in [0.2, 0.25) is 0 Å². The molecule has 0 amide bonds. The highest BCUT2D eigenvalue weighted by Gasteiger charge is 2.16. The molecule has 31 heavy (non-hydrogen) atoms.